The van der Waals surface area contributed by atoms with Gasteiger partial charge in [-0.05, 0) is 45.6 Å². The van der Waals surface area contributed by atoms with Gasteiger partial charge in [-0.2, -0.15) is 0 Å². The lowest BCUT2D eigenvalue weighted by molar-refractivity contribution is 0.0188. The molecule has 2 aromatic rings. The number of carbonyl (C=O) groups excluding carboxylic acids is 2. The van der Waals surface area contributed by atoms with Crippen molar-refractivity contribution >= 4 is 17.7 Å². The highest BCUT2D eigenvalue weighted by atomic mass is 16.6. The van der Waals surface area contributed by atoms with Crippen LogP contribution in [0.3, 0.4) is 0 Å². The van der Waals surface area contributed by atoms with Crippen LogP contribution >= 0.6 is 0 Å². The van der Waals surface area contributed by atoms with Gasteiger partial charge in [0, 0.05) is 56.5 Å². The van der Waals surface area contributed by atoms with E-state index in [0.717, 1.165) is 24.2 Å². The molecule has 0 atom stereocenters. The minimum Gasteiger partial charge on any atom is -0.444 e. The molecule has 3 N–H and O–H groups in total. The van der Waals surface area contributed by atoms with E-state index in [0.29, 0.717) is 43.2 Å². The Morgan fingerprint density at radius 3 is 2.52 bits per heavy atom. The van der Waals surface area contributed by atoms with Crippen molar-refractivity contribution in [1.82, 2.24) is 19.9 Å². The molecule has 0 spiro atoms. The number of hydrogen-bond acceptors (Lipinski definition) is 7. The van der Waals surface area contributed by atoms with Gasteiger partial charge >= 0.3 is 6.09 Å². The smallest absolute Gasteiger partial charge is 0.410 e. The van der Waals surface area contributed by atoms with E-state index in [1.807, 2.05) is 26.8 Å². The first-order valence-electron chi connectivity index (χ1n) is 10.5. The lowest BCUT2D eigenvalue weighted by atomic mass is 9.96. The Hall–Kier alpha value is -3.23. The molecule has 166 valence electrons. The summed E-state index contributed by atoms with van der Waals surface area (Å²) in [5.41, 5.74) is 7.62. The molecule has 1 aliphatic rings. The molecule has 9 nitrogen and oxygen atoms in total. The molecule has 0 unspecified atom stereocenters. The van der Waals surface area contributed by atoms with Gasteiger partial charge in [0.25, 0.3) is 5.91 Å². The molecule has 0 radical (unpaired) electrons. The van der Waals surface area contributed by atoms with E-state index in [-0.39, 0.29) is 6.09 Å². The number of aromatic nitrogens is 3. The van der Waals surface area contributed by atoms with Crippen LogP contribution in [0.4, 0.5) is 10.5 Å². The third kappa shape index (κ3) is 6.63. The lowest BCUT2D eigenvalue weighted by Gasteiger charge is -2.33. The van der Waals surface area contributed by atoms with Gasteiger partial charge in [-0.3, -0.25) is 19.7 Å². The monoisotopic (exact) mass is 426 g/mol. The highest BCUT2D eigenvalue weighted by molar-refractivity contribution is 5.98. The SMILES string of the molecule is CC(C)(C)OC(=O)N1CCC(CNc2cc(Cc3cnccn3)ncc2C(N)=O)CC1. The third-order valence-corrected chi connectivity index (χ3v) is 5.05. The number of pyridine rings is 1. The lowest BCUT2D eigenvalue weighted by Crippen LogP contribution is -2.42. The molecule has 9 heteroatoms. The van der Waals surface area contributed by atoms with Crippen LogP contribution in [0.25, 0.3) is 0 Å². The molecule has 0 bridgehead atoms. The van der Waals surface area contributed by atoms with E-state index in [9.17, 15) is 9.59 Å². The summed E-state index contributed by atoms with van der Waals surface area (Å²) in [7, 11) is 0. The molecule has 2 amide bonds. The molecule has 0 aliphatic carbocycles. The molecular formula is C22H30N6O3. The number of primary amides is 1. The largest absolute Gasteiger partial charge is 0.444 e. The number of amides is 2. The minimum absolute atomic E-state index is 0.266. The molecule has 0 aromatic carbocycles. The summed E-state index contributed by atoms with van der Waals surface area (Å²) >= 11 is 0. The highest BCUT2D eigenvalue weighted by Gasteiger charge is 2.27. The number of carbonyl (C=O) groups is 2. The van der Waals surface area contributed by atoms with Gasteiger partial charge in [0.15, 0.2) is 0 Å². The van der Waals surface area contributed by atoms with Crippen molar-refractivity contribution in [3.8, 4) is 0 Å². The van der Waals surface area contributed by atoms with E-state index in [4.69, 9.17) is 10.5 Å². The van der Waals surface area contributed by atoms with Crippen LogP contribution in [-0.2, 0) is 11.2 Å². The summed E-state index contributed by atoms with van der Waals surface area (Å²) < 4.78 is 5.45. The third-order valence-electron chi connectivity index (χ3n) is 5.05. The van der Waals surface area contributed by atoms with Crippen molar-refractivity contribution in [2.75, 3.05) is 25.0 Å². The Morgan fingerprint density at radius 1 is 1.16 bits per heavy atom. The number of hydrogen-bond donors (Lipinski definition) is 2. The van der Waals surface area contributed by atoms with Gasteiger partial charge in [0.2, 0.25) is 0 Å². The molecule has 0 saturated carbocycles. The molecule has 1 saturated heterocycles. The molecular weight excluding hydrogens is 396 g/mol. The van der Waals surface area contributed by atoms with E-state index >= 15 is 0 Å². The predicted octanol–water partition coefficient (Wildman–Crippen LogP) is 2.62. The Kier molecular flexibility index (Phi) is 7.04. The van der Waals surface area contributed by atoms with E-state index in [1.165, 1.54) is 6.20 Å². The minimum atomic E-state index is -0.527. The maximum Gasteiger partial charge on any atom is 0.410 e. The predicted molar refractivity (Wildman–Crippen MR) is 117 cm³/mol. The Balaban J connectivity index is 1.59. The zero-order valence-electron chi connectivity index (χ0n) is 18.3. The van der Waals surface area contributed by atoms with Crippen LogP contribution in [0.5, 0.6) is 0 Å². The summed E-state index contributed by atoms with van der Waals surface area (Å²) in [5, 5.41) is 3.36. The zero-order chi connectivity index (χ0) is 22.4. The van der Waals surface area contributed by atoms with Gasteiger partial charge in [0.1, 0.15) is 5.60 Å². The molecule has 2 aromatic heterocycles. The fraction of sp³-hybridized carbons (Fsp3) is 0.500. The van der Waals surface area contributed by atoms with Gasteiger partial charge in [0.05, 0.1) is 16.9 Å². The number of nitrogens with one attached hydrogen (secondary N) is 1. The van der Waals surface area contributed by atoms with Crippen molar-refractivity contribution in [1.29, 1.82) is 0 Å². The number of rotatable bonds is 6. The van der Waals surface area contributed by atoms with Crippen molar-refractivity contribution in [2.45, 2.75) is 45.6 Å². The van der Waals surface area contributed by atoms with Gasteiger partial charge in [-0.1, -0.05) is 0 Å². The van der Waals surface area contributed by atoms with E-state index in [1.54, 1.807) is 23.5 Å². The Bertz CT molecular complexity index is 905. The maximum absolute atomic E-state index is 12.2. The number of ether oxygens (including phenoxy) is 1. The summed E-state index contributed by atoms with van der Waals surface area (Å²) in [6, 6.07) is 1.84. The second kappa shape index (κ2) is 9.72. The molecule has 1 aliphatic heterocycles. The average molecular weight is 427 g/mol. The van der Waals surface area contributed by atoms with E-state index in [2.05, 4.69) is 20.3 Å². The number of nitrogens with two attached hydrogens (primary N) is 1. The second-order valence-corrected chi connectivity index (χ2v) is 8.75. The van der Waals surface area contributed by atoms with Crippen molar-refractivity contribution in [3.63, 3.8) is 0 Å². The van der Waals surface area contributed by atoms with Crippen LogP contribution in [0, 0.1) is 5.92 Å². The number of nitrogens with zero attached hydrogens (tertiary/aromatic N) is 4. The average Bonchev–Trinajstić information content (AvgIpc) is 2.72. The summed E-state index contributed by atoms with van der Waals surface area (Å²) in [6.07, 6.45) is 8.40. The fourth-order valence-corrected chi connectivity index (χ4v) is 3.45. The summed E-state index contributed by atoms with van der Waals surface area (Å²) in [6.45, 7) is 7.58. The normalized spacial score (nSPS) is 14.9. The zero-order valence-corrected chi connectivity index (χ0v) is 18.3. The highest BCUT2D eigenvalue weighted by Crippen LogP contribution is 2.22. The molecule has 1 fully saturated rings. The number of anilines is 1. The Labute approximate surface area is 182 Å². The first kappa shape index (κ1) is 22.5. The summed E-state index contributed by atoms with van der Waals surface area (Å²) in [5.74, 6) is -0.156. The van der Waals surface area contributed by atoms with Crippen molar-refractivity contribution in [2.24, 2.45) is 11.7 Å². The molecule has 31 heavy (non-hydrogen) atoms. The van der Waals surface area contributed by atoms with E-state index < -0.39 is 11.5 Å². The number of piperidine rings is 1. The maximum atomic E-state index is 12.2. The summed E-state index contributed by atoms with van der Waals surface area (Å²) in [4.78, 5) is 38.5. The van der Waals surface area contributed by atoms with Crippen LogP contribution < -0.4 is 11.1 Å². The topological polar surface area (TPSA) is 123 Å². The van der Waals surface area contributed by atoms with Crippen LogP contribution in [0.2, 0.25) is 0 Å². The molecule has 3 rings (SSSR count). The first-order valence-corrected chi connectivity index (χ1v) is 10.5. The van der Waals surface area contributed by atoms with Gasteiger partial charge in [-0.15, -0.1) is 0 Å². The Morgan fingerprint density at radius 2 is 1.90 bits per heavy atom. The van der Waals surface area contributed by atoms with Gasteiger partial charge < -0.3 is 20.7 Å². The molecule has 3 heterocycles. The standard InChI is InChI=1S/C22H30N6O3/c1-22(2,3)31-21(30)28-8-4-15(5-9-28)12-27-19-11-16(26-14-18(19)20(23)29)10-17-13-24-6-7-25-17/h6-7,11,13-15H,4-5,8-10,12H2,1-3H3,(H2,23,29)(H,26,27). The fourth-order valence-electron chi connectivity index (χ4n) is 3.45. The second-order valence-electron chi connectivity index (χ2n) is 8.75. The number of likely N-dealkylation sites (tertiary alicyclic amines) is 1. The first-order chi connectivity index (χ1) is 14.7. The van der Waals surface area contributed by atoms with Gasteiger partial charge in [-0.25, -0.2) is 4.79 Å². The quantitative estimate of drug-likeness (QED) is 0.728. The van der Waals surface area contributed by atoms with Crippen LogP contribution in [-0.4, -0.2) is 57.1 Å². The van der Waals surface area contributed by atoms with Crippen LogP contribution in [0.1, 0.15) is 55.4 Å². The van der Waals surface area contributed by atoms with Crippen molar-refractivity contribution in [3.05, 3.63) is 47.8 Å². The van der Waals surface area contributed by atoms with Crippen LogP contribution in [0.15, 0.2) is 30.9 Å². The van der Waals surface area contributed by atoms with Crippen molar-refractivity contribution < 1.29 is 14.3 Å².